The highest BCUT2D eigenvalue weighted by molar-refractivity contribution is 5.35. The van der Waals surface area contributed by atoms with Gasteiger partial charge in [0.15, 0.2) is 0 Å². The quantitative estimate of drug-likeness (QED) is 0.470. The first kappa shape index (κ1) is 21.1. The fourth-order valence-corrected chi connectivity index (χ4v) is 3.21. The highest BCUT2D eigenvalue weighted by Gasteiger charge is 2.11. The summed E-state index contributed by atoms with van der Waals surface area (Å²) in [4.78, 5) is 0. The van der Waals surface area contributed by atoms with Crippen LogP contribution in [0.4, 0.5) is 0 Å². The fraction of sp³-hybridized carbons (Fsp3) is 0.739. The fourth-order valence-electron chi connectivity index (χ4n) is 3.21. The lowest BCUT2D eigenvalue weighted by atomic mass is 9.88. The van der Waals surface area contributed by atoms with Crippen molar-refractivity contribution in [1.29, 1.82) is 0 Å². The molecule has 1 rings (SSSR count). The normalized spacial score (nSPS) is 12.6. The number of phenolic OH excluding ortho intramolecular Hbond substituents is 1. The van der Waals surface area contributed by atoms with Crippen molar-refractivity contribution in [3.05, 3.63) is 29.3 Å². The molecule has 1 N–H and O–H groups in total. The molecular weight excluding hydrogens is 292 g/mol. The Morgan fingerprint density at radius 3 is 1.75 bits per heavy atom. The summed E-state index contributed by atoms with van der Waals surface area (Å²) >= 11 is 0. The van der Waals surface area contributed by atoms with Crippen LogP contribution < -0.4 is 0 Å². The molecule has 0 unspecified atom stereocenters. The zero-order chi connectivity index (χ0) is 18.2. The van der Waals surface area contributed by atoms with Crippen molar-refractivity contribution in [3.63, 3.8) is 0 Å². The van der Waals surface area contributed by atoms with Gasteiger partial charge in [0.2, 0.25) is 0 Å². The van der Waals surface area contributed by atoms with E-state index in [4.69, 9.17) is 0 Å². The summed E-state index contributed by atoms with van der Waals surface area (Å²) in [6.07, 6.45) is 11.2. The summed E-state index contributed by atoms with van der Waals surface area (Å²) in [5, 5.41) is 9.82. The Labute approximate surface area is 150 Å². The number of phenols is 1. The molecule has 1 aromatic carbocycles. The number of benzene rings is 1. The monoisotopic (exact) mass is 332 g/mol. The Morgan fingerprint density at radius 2 is 1.17 bits per heavy atom. The lowest BCUT2D eigenvalue weighted by Gasteiger charge is -2.18. The maximum absolute atomic E-state index is 9.82. The highest BCUT2D eigenvalue weighted by atomic mass is 16.3. The zero-order valence-electron chi connectivity index (χ0n) is 17.0. The van der Waals surface area contributed by atoms with E-state index in [9.17, 15) is 5.11 Å². The Hall–Kier alpha value is -0.980. The average molecular weight is 333 g/mol. The third kappa shape index (κ3) is 10.0. The van der Waals surface area contributed by atoms with Crippen LogP contribution in [0.1, 0.15) is 97.6 Å². The lowest BCUT2D eigenvalue weighted by molar-refractivity contribution is 0.358. The van der Waals surface area contributed by atoms with Crippen molar-refractivity contribution in [2.75, 3.05) is 0 Å². The van der Waals surface area contributed by atoms with Gasteiger partial charge in [0.05, 0.1) is 0 Å². The molecule has 0 fully saturated rings. The van der Waals surface area contributed by atoms with Crippen LogP contribution >= 0.6 is 0 Å². The van der Waals surface area contributed by atoms with Gasteiger partial charge in [-0.15, -0.1) is 0 Å². The van der Waals surface area contributed by atoms with Gasteiger partial charge < -0.3 is 5.11 Å². The van der Waals surface area contributed by atoms with E-state index in [0.29, 0.717) is 16.6 Å². The van der Waals surface area contributed by atoms with Gasteiger partial charge in [-0.3, -0.25) is 0 Å². The van der Waals surface area contributed by atoms with Crippen LogP contribution in [0.15, 0.2) is 18.2 Å². The molecule has 0 radical (unpaired) electrons. The third-order valence-corrected chi connectivity index (χ3v) is 4.69. The predicted molar refractivity (Wildman–Crippen MR) is 107 cm³/mol. The maximum Gasteiger partial charge on any atom is 0.115 e. The molecule has 1 nitrogen and oxygen atoms in total. The molecule has 0 aliphatic rings. The molecule has 138 valence electrons. The van der Waals surface area contributed by atoms with Gasteiger partial charge in [-0.2, -0.15) is 0 Å². The Balaban J connectivity index is 2.43. The second-order valence-corrected chi connectivity index (χ2v) is 9.84. The van der Waals surface area contributed by atoms with E-state index < -0.39 is 0 Å². The van der Waals surface area contributed by atoms with Crippen LogP contribution in [0.25, 0.3) is 0 Å². The number of aryl methyl sites for hydroxylation is 2. The number of hydrogen-bond donors (Lipinski definition) is 1. The molecule has 1 heteroatoms. The highest BCUT2D eigenvalue weighted by Crippen LogP contribution is 2.26. The van der Waals surface area contributed by atoms with E-state index in [-0.39, 0.29) is 0 Å². The molecule has 24 heavy (non-hydrogen) atoms. The van der Waals surface area contributed by atoms with E-state index in [1.54, 1.807) is 0 Å². The molecule has 1 aromatic rings. The largest absolute Gasteiger partial charge is 0.508 e. The number of aromatic hydroxyl groups is 1. The molecule has 0 amide bonds. The zero-order valence-corrected chi connectivity index (χ0v) is 17.0. The summed E-state index contributed by atoms with van der Waals surface area (Å²) in [5.74, 6) is 0.414. The van der Waals surface area contributed by atoms with Crippen molar-refractivity contribution >= 4 is 0 Å². The van der Waals surface area contributed by atoms with E-state index in [1.165, 1.54) is 56.1 Å². The third-order valence-electron chi connectivity index (χ3n) is 4.69. The van der Waals surface area contributed by atoms with Crippen molar-refractivity contribution in [2.45, 2.75) is 99.3 Å². The summed E-state index contributed by atoms with van der Waals surface area (Å²) in [7, 11) is 0. The first-order valence-corrected chi connectivity index (χ1v) is 9.88. The SMILES string of the molecule is CC(C)(C)CCCCCc1ccc(O)cc1CCCCC(C)(C)C. The lowest BCUT2D eigenvalue weighted by Crippen LogP contribution is -2.05. The van der Waals surface area contributed by atoms with Crippen molar-refractivity contribution < 1.29 is 5.11 Å². The standard InChI is InChI=1S/C23H40O/c1-22(2,3)16-10-7-8-12-19-14-15-21(24)18-20(19)13-9-11-17-23(4,5)6/h14-15,18,24H,7-13,16-17H2,1-6H3. The summed E-state index contributed by atoms with van der Waals surface area (Å²) in [6.45, 7) is 13.9. The van der Waals surface area contributed by atoms with Crippen LogP contribution in [-0.2, 0) is 12.8 Å². The van der Waals surface area contributed by atoms with Crippen LogP contribution in [0.3, 0.4) is 0 Å². The van der Waals surface area contributed by atoms with E-state index >= 15 is 0 Å². The minimum absolute atomic E-state index is 0.414. The molecule has 0 spiro atoms. The van der Waals surface area contributed by atoms with Crippen LogP contribution in [0, 0.1) is 10.8 Å². The average Bonchev–Trinajstić information content (AvgIpc) is 2.43. The van der Waals surface area contributed by atoms with E-state index in [1.807, 2.05) is 12.1 Å². The molecule has 0 aromatic heterocycles. The van der Waals surface area contributed by atoms with E-state index in [2.05, 4.69) is 47.6 Å². The minimum atomic E-state index is 0.414. The molecule has 0 aliphatic carbocycles. The Kier molecular flexibility index (Phi) is 8.33. The topological polar surface area (TPSA) is 20.2 Å². The molecule has 0 aliphatic heterocycles. The maximum atomic E-state index is 9.82. The molecule has 0 saturated heterocycles. The van der Waals surface area contributed by atoms with Gasteiger partial charge in [-0.05, 0) is 72.6 Å². The van der Waals surface area contributed by atoms with Crippen LogP contribution in [-0.4, -0.2) is 5.11 Å². The first-order chi connectivity index (χ1) is 11.1. The molecule has 0 heterocycles. The van der Waals surface area contributed by atoms with Crippen molar-refractivity contribution in [3.8, 4) is 5.75 Å². The van der Waals surface area contributed by atoms with Gasteiger partial charge in [-0.25, -0.2) is 0 Å². The Bertz CT molecular complexity index is 474. The summed E-state index contributed by atoms with van der Waals surface area (Å²) < 4.78 is 0. The van der Waals surface area contributed by atoms with Gasteiger partial charge in [0.1, 0.15) is 5.75 Å². The second kappa shape index (κ2) is 9.49. The van der Waals surface area contributed by atoms with Crippen molar-refractivity contribution in [1.82, 2.24) is 0 Å². The van der Waals surface area contributed by atoms with Crippen LogP contribution in [0.2, 0.25) is 0 Å². The molecule has 0 saturated carbocycles. The van der Waals surface area contributed by atoms with E-state index in [0.717, 1.165) is 12.8 Å². The first-order valence-electron chi connectivity index (χ1n) is 9.88. The summed E-state index contributed by atoms with van der Waals surface area (Å²) in [6, 6.07) is 5.98. The molecule has 0 bridgehead atoms. The minimum Gasteiger partial charge on any atom is -0.508 e. The predicted octanol–water partition coefficient (Wildman–Crippen LogP) is 7.30. The molecule has 0 atom stereocenters. The number of hydrogen-bond acceptors (Lipinski definition) is 1. The van der Waals surface area contributed by atoms with Gasteiger partial charge in [0, 0.05) is 0 Å². The van der Waals surface area contributed by atoms with Crippen LogP contribution in [0.5, 0.6) is 5.75 Å². The smallest absolute Gasteiger partial charge is 0.115 e. The Morgan fingerprint density at radius 1 is 0.667 bits per heavy atom. The van der Waals surface area contributed by atoms with Gasteiger partial charge >= 0.3 is 0 Å². The number of unbranched alkanes of at least 4 members (excludes halogenated alkanes) is 3. The number of rotatable bonds is 9. The van der Waals surface area contributed by atoms with Crippen molar-refractivity contribution in [2.24, 2.45) is 10.8 Å². The van der Waals surface area contributed by atoms with Gasteiger partial charge in [0.25, 0.3) is 0 Å². The summed E-state index contributed by atoms with van der Waals surface area (Å²) in [5.41, 5.74) is 3.69. The molecular formula is C23H40O. The second-order valence-electron chi connectivity index (χ2n) is 9.84. The van der Waals surface area contributed by atoms with Gasteiger partial charge in [-0.1, -0.05) is 66.9 Å².